The van der Waals surface area contributed by atoms with Gasteiger partial charge in [-0.25, -0.2) is 4.79 Å². The third-order valence-electron chi connectivity index (χ3n) is 6.57. The number of amides is 2. The number of hydrogen-bond donors (Lipinski definition) is 1. The molecule has 1 aromatic rings. The van der Waals surface area contributed by atoms with Gasteiger partial charge in [0.2, 0.25) is 11.8 Å². The topological polar surface area (TPSA) is 96.4 Å². The number of thiophene rings is 1. The minimum absolute atomic E-state index is 0.00150. The van der Waals surface area contributed by atoms with Gasteiger partial charge in [0, 0.05) is 31.5 Å². The van der Waals surface area contributed by atoms with E-state index in [1.165, 1.54) is 12.0 Å². The van der Waals surface area contributed by atoms with Gasteiger partial charge in [0.05, 0.1) is 30.4 Å². The number of carbonyl (C=O) groups excluding carboxylic acids is 2. The number of rotatable bonds is 7. The van der Waals surface area contributed by atoms with Crippen molar-refractivity contribution in [3.8, 4) is 11.8 Å². The lowest BCUT2D eigenvalue weighted by Crippen LogP contribution is -2.57. The highest BCUT2D eigenvalue weighted by atomic mass is 32.1. The Morgan fingerprint density at radius 1 is 1.22 bits per heavy atom. The van der Waals surface area contributed by atoms with Crippen molar-refractivity contribution in [2.45, 2.75) is 59.4 Å². The molecule has 0 radical (unpaired) electrons. The fourth-order valence-electron chi connectivity index (χ4n) is 4.58. The molecular weight excluding hydrogens is 480 g/mol. The average molecular weight is 519 g/mol. The van der Waals surface area contributed by atoms with Crippen molar-refractivity contribution in [1.29, 1.82) is 0 Å². The van der Waals surface area contributed by atoms with Crippen LogP contribution in [0, 0.1) is 29.1 Å². The molecule has 1 atom stereocenters. The molecule has 1 aliphatic carbocycles. The number of carboxylic acids is 1. The van der Waals surface area contributed by atoms with Gasteiger partial charge in [0.25, 0.3) is 0 Å². The molecule has 0 aromatic carbocycles. The van der Waals surface area contributed by atoms with Crippen molar-refractivity contribution >= 4 is 34.8 Å². The first-order chi connectivity index (χ1) is 17.0. The standard InChI is InChI=1S/C27H38N2O6S/c1-18-6-8-19(9-7-18)24(30)29(22(17-34-5)25(31)28-12-14-35-15-13-28)21-16-20(10-11-27(2,3)4)36-23(21)26(32)33/h16,18-19,22H,6-9,12-15,17H2,1-5H3,(H,32,33)/t18?,19?,22-/m0/s1. The summed E-state index contributed by atoms with van der Waals surface area (Å²) in [5.41, 5.74) is -0.0507. The van der Waals surface area contributed by atoms with Crippen LogP contribution in [0.1, 0.15) is 67.9 Å². The second-order valence-electron chi connectivity index (χ2n) is 10.7. The van der Waals surface area contributed by atoms with E-state index < -0.39 is 12.0 Å². The number of aromatic carboxylic acids is 1. The van der Waals surface area contributed by atoms with E-state index in [4.69, 9.17) is 9.47 Å². The number of morpholine rings is 1. The monoisotopic (exact) mass is 518 g/mol. The predicted octanol–water partition coefficient (Wildman–Crippen LogP) is 3.88. The molecule has 0 unspecified atom stereocenters. The molecule has 2 aliphatic rings. The molecule has 198 valence electrons. The molecule has 1 aromatic heterocycles. The van der Waals surface area contributed by atoms with Gasteiger partial charge in [-0.05, 0) is 58.4 Å². The maximum absolute atomic E-state index is 14.1. The van der Waals surface area contributed by atoms with E-state index in [1.54, 1.807) is 11.0 Å². The summed E-state index contributed by atoms with van der Waals surface area (Å²) in [4.78, 5) is 43.7. The number of carboxylic acid groups (broad SMARTS) is 1. The van der Waals surface area contributed by atoms with Crippen LogP contribution in [0.4, 0.5) is 5.69 Å². The molecule has 8 nitrogen and oxygen atoms in total. The predicted molar refractivity (Wildman–Crippen MR) is 139 cm³/mol. The van der Waals surface area contributed by atoms with E-state index in [2.05, 4.69) is 18.8 Å². The second kappa shape index (κ2) is 12.2. The number of hydrogen-bond acceptors (Lipinski definition) is 6. The van der Waals surface area contributed by atoms with Crippen LogP contribution in [0.5, 0.6) is 0 Å². The first kappa shape index (κ1) is 28.2. The Bertz CT molecular complexity index is 1000. The smallest absolute Gasteiger partial charge is 0.348 e. The highest BCUT2D eigenvalue weighted by molar-refractivity contribution is 7.15. The molecule has 1 saturated heterocycles. The third-order valence-corrected chi connectivity index (χ3v) is 7.60. The van der Waals surface area contributed by atoms with Crippen molar-refractivity contribution in [2.75, 3.05) is 44.9 Å². The Balaban J connectivity index is 2.09. The van der Waals surface area contributed by atoms with Gasteiger partial charge in [0.15, 0.2) is 0 Å². The molecule has 1 N–H and O–H groups in total. The van der Waals surface area contributed by atoms with Crippen LogP contribution in [0.2, 0.25) is 0 Å². The zero-order chi connectivity index (χ0) is 26.5. The number of anilines is 1. The van der Waals surface area contributed by atoms with Crippen LogP contribution in [0.3, 0.4) is 0 Å². The van der Waals surface area contributed by atoms with E-state index in [0.717, 1.165) is 24.2 Å². The summed E-state index contributed by atoms with van der Waals surface area (Å²) >= 11 is 1.03. The van der Waals surface area contributed by atoms with Crippen LogP contribution >= 0.6 is 11.3 Å². The molecule has 3 rings (SSSR count). The highest BCUT2D eigenvalue weighted by Gasteiger charge is 2.40. The summed E-state index contributed by atoms with van der Waals surface area (Å²) in [5, 5.41) is 10.1. The maximum atomic E-state index is 14.1. The van der Waals surface area contributed by atoms with Crippen LogP contribution in [-0.2, 0) is 19.1 Å². The van der Waals surface area contributed by atoms with Gasteiger partial charge in [-0.2, -0.15) is 0 Å². The summed E-state index contributed by atoms with van der Waals surface area (Å²) in [6, 6.07) is 0.668. The van der Waals surface area contributed by atoms with Crippen molar-refractivity contribution in [1.82, 2.24) is 4.90 Å². The molecule has 0 bridgehead atoms. The lowest BCUT2D eigenvalue weighted by molar-refractivity contribution is -0.140. The van der Waals surface area contributed by atoms with Crippen molar-refractivity contribution < 1.29 is 29.0 Å². The van der Waals surface area contributed by atoms with Gasteiger partial charge in [-0.15, -0.1) is 11.3 Å². The summed E-state index contributed by atoms with van der Waals surface area (Å²) < 4.78 is 10.8. The van der Waals surface area contributed by atoms with E-state index in [9.17, 15) is 19.5 Å². The average Bonchev–Trinajstić information content (AvgIpc) is 3.27. The van der Waals surface area contributed by atoms with Crippen LogP contribution in [0.25, 0.3) is 0 Å². The van der Waals surface area contributed by atoms with Gasteiger partial charge in [-0.1, -0.05) is 18.8 Å². The van der Waals surface area contributed by atoms with E-state index in [0.29, 0.717) is 49.9 Å². The van der Waals surface area contributed by atoms with Gasteiger partial charge in [-0.3, -0.25) is 14.5 Å². The number of nitrogens with zero attached hydrogens (tertiary/aromatic N) is 2. The molecule has 2 amide bonds. The Morgan fingerprint density at radius 3 is 2.42 bits per heavy atom. The summed E-state index contributed by atoms with van der Waals surface area (Å²) in [6.07, 6.45) is 3.28. The van der Waals surface area contributed by atoms with Gasteiger partial charge >= 0.3 is 5.97 Å². The van der Waals surface area contributed by atoms with E-state index in [-0.39, 0.29) is 40.3 Å². The Kier molecular flexibility index (Phi) is 9.56. The van der Waals surface area contributed by atoms with Crippen molar-refractivity contribution in [3.63, 3.8) is 0 Å². The lowest BCUT2D eigenvalue weighted by Gasteiger charge is -2.38. The van der Waals surface area contributed by atoms with Crippen LogP contribution in [0.15, 0.2) is 6.07 Å². The second-order valence-corrected chi connectivity index (χ2v) is 11.8. The van der Waals surface area contributed by atoms with Gasteiger partial charge < -0.3 is 19.5 Å². The third kappa shape index (κ3) is 7.09. The largest absolute Gasteiger partial charge is 0.477 e. The van der Waals surface area contributed by atoms with Crippen LogP contribution in [-0.4, -0.2) is 73.9 Å². The molecule has 2 heterocycles. The SMILES string of the molecule is COC[C@@H](C(=O)N1CCOCC1)N(C(=O)C1CCC(C)CC1)c1cc(C#CC(C)(C)C)sc1C(=O)O. The summed E-state index contributed by atoms with van der Waals surface area (Å²) in [6.45, 7) is 9.74. The molecule has 9 heteroatoms. The van der Waals surface area contributed by atoms with Crippen molar-refractivity contribution in [3.05, 3.63) is 15.8 Å². The molecule has 1 saturated carbocycles. The normalized spacial score (nSPS) is 21.3. The highest BCUT2D eigenvalue weighted by Crippen LogP contribution is 2.36. The minimum Gasteiger partial charge on any atom is -0.477 e. The van der Waals surface area contributed by atoms with E-state index >= 15 is 0 Å². The Labute approximate surface area is 217 Å². The molecule has 0 spiro atoms. The zero-order valence-corrected chi connectivity index (χ0v) is 22.8. The fourth-order valence-corrected chi connectivity index (χ4v) is 5.42. The van der Waals surface area contributed by atoms with Gasteiger partial charge in [0.1, 0.15) is 10.9 Å². The quantitative estimate of drug-likeness (QED) is 0.551. The molecular formula is C27H38N2O6S. The minimum atomic E-state index is -1.15. The lowest BCUT2D eigenvalue weighted by atomic mass is 9.82. The first-order valence-corrected chi connectivity index (χ1v) is 13.4. The summed E-state index contributed by atoms with van der Waals surface area (Å²) in [7, 11) is 1.48. The maximum Gasteiger partial charge on any atom is 0.348 e. The van der Waals surface area contributed by atoms with Crippen LogP contribution < -0.4 is 4.90 Å². The molecule has 1 aliphatic heterocycles. The Hall–Kier alpha value is -2.41. The molecule has 36 heavy (non-hydrogen) atoms. The van der Waals surface area contributed by atoms with Crippen molar-refractivity contribution in [2.24, 2.45) is 17.3 Å². The summed E-state index contributed by atoms with van der Waals surface area (Å²) in [5.74, 6) is 4.84. The molecule has 2 fully saturated rings. The number of carbonyl (C=O) groups is 3. The Morgan fingerprint density at radius 2 is 1.86 bits per heavy atom. The zero-order valence-electron chi connectivity index (χ0n) is 22.0. The number of ether oxygens (including phenoxy) is 2. The first-order valence-electron chi connectivity index (χ1n) is 12.6. The fraction of sp³-hybridized carbons (Fsp3) is 0.667. The van der Waals surface area contributed by atoms with E-state index in [1.807, 2.05) is 20.8 Å². The number of methoxy groups -OCH3 is 1.